The van der Waals surface area contributed by atoms with Crippen molar-refractivity contribution in [3.05, 3.63) is 86.1 Å². The summed E-state index contributed by atoms with van der Waals surface area (Å²) >= 11 is 12.4. The van der Waals surface area contributed by atoms with E-state index in [4.69, 9.17) is 23.2 Å². The molecule has 1 amide bonds. The summed E-state index contributed by atoms with van der Waals surface area (Å²) in [5, 5.41) is 3.74. The average Bonchev–Trinajstić information content (AvgIpc) is 2.71. The molecule has 6 heteroatoms. The summed E-state index contributed by atoms with van der Waals surface area (Å²) in [6.07, 6.45) is 3.08. The Morgan fingerprint density at radius 2 is 1.80 bits per heavy atom. The van der Waals surface area contributed by atoms with Crippen LogP contribution in [0.3, 0.4) is 0 Å². The van der Waals surface area contributed by atoms with Crippen molar-refractivity contribution in [2.75, 3.05) is 5.32 Å². The molecule has 0 fully saturated rings. The molecule has 0 saturated heterocycles. The third kappa shape index (κ3) is 4.94. The van der Waals surface area contributed by atoms with E-state index in [1.807, 2.05) is 23.6 Å². The van der Waals surface area contributed by atoms with Gasteiger partial charge in [-0.25, -0.2) is 0 Å². The lowest BCUT2D eigenvalue weighted by molar-refractivity contribution is 0.102. The highest BCUT2D eigenvalue weighted by Gasteiger charge is 2.22. The third-order valence-electron chi connectivity index (χ3n) is 4.95. The molecule has 2 aromatic carbocycles. The highest BCUT2D eigenvalue weighted by atomic mass is 35.5. The Bertz CT molecular complexity index is 1120. The minimum Gasteiger partial charge on any atom is -0.344 e. The van der Waals surface area contributed by atoms with Crippen molar-refractivity contribution in [1.82, 2.24) is 4.57 Å². The van der Waals surface area contributed by atoms with Gasteiger partial charge in [0.25, 0.3) is 5.91 Å². The number of aromatic nitrogens is 1. The highest BCUT2D eigenvalue weighted by molar-refractivity contribution is 6.34. The molecule has 0 unspecified atom stereocenters. The summed E-state index contributed by atoms with van der Waals surface area (Å²) in [6, 6.07) is 15.7. The predicted molar refractivity (Wildman–Crippen MR) is 125 cm³/mol. The van der Waals surface area contributed by atoms with E-state index in [1.165, 1.54) is 6.07 Å². The number of carbonyl (C=O) groups is 1. The lowest BCUT2D eigenvalue weighted by Crippen LogP contribution is -2.27. The van der Waals surface area contributed by atoms with Gasteiger partial charge in [-0.2, -0.15) is 0 Å². The van der Waals surface area contributed by atoms with Crippen LogP contribution in [0.4, 0.5) is 5.69 Å². The van der Waals surface area contributed by atoms with E-state index < -0.39 is 5.91 Å². The third-order valence-corrected chi connectivity index (χ3v) is 5.52. The quantitative estimate of drug-likeness (QED) is 0.420. The molecule has 0 spiro atoms. The normalized spacial score (nSPS) is 10.8. The van der Waals surface area contributed by atoms with Crippen LogP contribution >= 0.6 is 23.2 Å². The number of hydrogen-bond donors (Lipinski definition) is 1. The number of rotatable bonds is 7. The van der Waals surface area contributed by atoms with Crippen molar-refractivity contribution in [3.8, 4) is 11.3 Å². The SMILES string of the molecule is CCCCCn1c(C)cc(=O)c(C(=O)Nc2ccccc2Cl)c1-c1cccc(Cl)c1. The second kappa shape index (κ2) is 9.96. The molecule has 0 aliphatic rings. The zero-order chi connectivity index (χ0) is 21.7. The van der Waals surface area contributed by atoms with E-state index in [9.17, 15) is 9.59 Å². The van der Waals surface area contributed by atoms with E-state index in [0.717, 1.165) is 30.5 Å². The number of carbonyl (C=O) groups excluding carboxylic acids is 1. The Kier molecular flexibility index (Phi) is 7.35. The van der Waals surface area contributed by atoms with Crippen LogP contribution in [0.15, 0.2) is 59.4 Å². The van der Waals surface area contributed by atoms with Crippen molar-refractivity contribution >= 4 is 34.8 Å². The van der Waals surface area contributed by atoms with Gasteiger partial charge in [-0.3, -0.25) is 9.59 Å². The van der Waals surface area contributed by atoms with Gasteiger partial charge in [0.1, 0.15) is 5.56 Å². The van der Waals surface area contributed by atoms with E-state index in [0.29, 0.717) is 28.0 Å². The predicted octanol–water partition coefficient (Wildman–Crippen LogP) is 6.57. The molecule has 1 heterocycles. The minimum absolute atomic E-state index is 0.0827. The van der Waals surface area contributed by atoms with Crippen LogP contribution in [0, 0.1) is 6.92 Å². The number of para-hydroxylation sites is 1. The van der Waals surface area contributed by atoms with E-state index in [1.54, 1.807) is 36.4 Å². The van der Waals surface area contributed by atoms with Gasteiger partial charge >= 0.3 is 0 Å². The molecule has 156 valence electrons. The fourth-order valence-electron chi connectivity index (χ4n) is 3.48. The largest absolute Gasteiger partial charge is 0.344 e. The molecule has 3 aromatic rings. The minimum atomic E-state index is -0.493. The van der Waals surface area contributed by atoms with E-state index in [2.05, 4.69) is 12.2 Å². The first kappa shape index (κ1) is 22.1. The van der Waals surface area contributed by atoms with E-state index in [-0.39, 0.29) is 11.0 Å². The number of unbranched alkanes of at least 4 members (excludes halogenated alkanes) is 2. The van der Waals surface area contributed by atoms with Crippen LogP contribution in [0.2, 0.25) is 10.0 Å². The van der Waals surface area contributed by atoms with Crippen molar-refractivity contribution in [2.24, 2.45) is 0 Å². The van der Waals surface area contributed by atoms with Gasteiger partial charge in [0.15, 0.2) is 5.43 Å². The number of aryl methyl sites for hydroxylation is 1. The number of nitrogens with zero attached hydrogens (tertiary/aromatic N) is 1. The zero-order valence-electron chi connectivity index (χ0n) is 17.0. The Morgan fingerprint density at radius 1 is 1.03 bits per heavy atom. The van der Waals surface area contributed by atoms with Gasteiger partial charge in [-0.1, -0.05) is 67.2 Å². The Labute approximate surface area is 186 Å². The van der Waals surface area contributed by atoms with Crippen LogP contribution in [0.25, 0.3) is 11.3 Å². The Balaban J connectivity index is 2.17. The molecule has 0 aliphatic heterocycles. The maximum atomic E-state index is 13.2. The Morgan fingerprint density at radius 3 is 2.50 bits per heavy atom. The van der Waals surface area contributed by atoms with Crippen molar-refractivity contribution in [1.29, 1.82) is 0 Å². The molecule has 3 rings (SSSR count). The number of halogens is 2. The van der Waals surface area contributed by atoms with Gasteiger partial charge in [-0.15, -0.1) is 0 Å². The number of anilines is 1. The number of hydrogen-bond acceptors (Lipinski definition) is 2. The topological polar surface area (TPSA) is 51.1 Å². The first-order valence-corrected chi connectivity index (χ1v) is 10.7. The summed E-state index contributed by atoms with van der Waals surface area (Å²) in [7, 11) is 0. The van der Waals surface area contributed by atoms with Gasteiger partial charge in [0.2, 0.25) is 0 Å². The summed E-state index contributed by atoms with van der Waals surface area (Å²) < 4.78 is 2.03. The van der Waals surface area contributed by atoms with Gasteiger partial charge < -0.3 is 9.88 Å². The van der Waals surface area contributed by atoms with Crippen molar-refractivity contribution < 1.29 is 4.79 Å². The molecular formula is C24H24Cl2N2O2. The second-order valence-electron chi connectivity index (χ2n) is 7.18. The fraction of sp³-hybridized carbons (Fsp3) is 0.250. The average molecular weight is 443 g/mol. The molecule has 4 nitrogen and oxygen atoms in total. The lowest BCUT2D eigenvalue weighted by atomic mass is 10.0. The zero-order valence-corrected chi connectivity index (χ0v) is 18.6. The Hall–Kier alpha value is -2.56. The number of amides is 1. The van der Waals surface area contributed by atoms with Crippen LogP contribution in [-0.2, 0) is 6.54 Å². The van der Waals surface area contributed by atoms with Crippen LogP contribution < -0.4 is 10.7 Å². The van der Waals surface area contributed by atoms with E-state index >= 15 is 0 Å². The second-order valence-corrected chi connectivity index (χ2v) is 8.02. The first-order valence-electron chi connectivity index (χ1n) is 9.98. The fourth-order valence-corrected chi connectivity index (χ4v) is 3.85. The molecule has 0 atom stereocenters. The van der Waals surface area contributed by atoms with Crippen molar-refractivity contribution in [2.45, 2.75) is 39.7 Å². The molecule has 1 aromatic heterocycles. The van der Waals surface area contributed by atoms with Gasteiger partial charge in [-0.05, 0) is 37.6 Å². The molecule has 0 radical (unpaired) electrons. The standard InChI is InChI=1S/C24H24Cl2N2O2/c1-3-4-7-13-28-16(2)14-21(29)22(23(28)17-9-8-10-18(25)15-17)24(30)27-20-12-6-5-11-19(20)26/h5-6,8-12,14-15H,3-4,7,13H2,1-2H3,(H,27,30). The number of benzene rings is 2. The van der Waals surface area contributed by atoms with Crippen molar-refractivity contribution in [3.63, 3.8) is 0 Å². The highest BCUT2D eigenvalue weighted by Crippen LogP contribution is 2.28. The van der Waals surface area contributed by atoms with Crippen LogP contribution in [-0.4, -0.2) is 10.5 Å². The number of pyridine rings is 1. The molecule has 1 N–H and O–H groups in total. The molecule has 0 aliphatic carbocycles. The summed E-state index contributed by atoms with van der Waals surface area (Å²) in [5.74, 6) is -0.493. The summed E-state index contributed by atoms with van der Waals surface area (Å²) in [6.45, 7) is 4.73. The monoisotopic (exact) mass is 442 g/mol. The number of nitrogens with one attached hydrogen (secondary N) is 1. The molecule has 0 saturated carbocycles. The van der Waals surface area contributed by atoms with Crippen LogP contribution in [0.5, 0.6) is 0 Å². The molecule has 30 heavy (non-hydrogen) atoms. The molecular weight excluding hydrogens is 419 g/mol. The van der Waals surface area contributed by atoms with Crippen LogP contribution in [0.1, 0.15) is 42.2 Å². The van der Waals surface area contributed by atoms with Gasteiger partial charge in [0, 0.05) is 28.9 Å². The van der Waals surface area contributed by atoms with Gasteiger partial charge in [0.05, 0.1) is 16.4 Å². The summed E-state index contributed by atoms with van der Waals surface area (Å²) in [4.78, 5) is 26.2. The maximum absolute atomic E-state index is 13.2. The molecule has 0 bridgehead atoms. The lowest BCUT2D eigenvalue weighted by Gasteiger charge is -2.20. The summed E-state index contributed by atoms with van der Waals surface area (Å²) in [5.41, 5.74) is 2.31. The smallest absolute Gasteiger partial charge is 0.261 e. The maximum Gasteiger partial charge on any atom is 0.261 e. The first-order chi connectivity index (χ1) is 14.4.